The van der Waals surface area contributed by atoms with E-state index in [0.717, 1.165) is 0 Å². The van der Waals surface area contributed by atoms with Crippen molar-refractivity contribution in [1.82, 2.24) is 4.57 Å². The summed E-state index contributed by atoms with van der Waals surface area (Å²) in [6, 6.07) is 0. The van der Waals surface area contributed by atoms with E-state index >= 15 is 0 Å². The molecule has 0 rings (SSSR count). The number of nitrogens with zero attached hydrogens (tertiary/aromatic N) is 1. The van der Waals surface area contributed by atoms with Gasteiger partial charge in [0.15, 0.2) is 0 Å². The van der Waals surface area contributed by atoms with E-state index in [1.165, 1.54) is 51.6 Å². The average Bonchev–Trinajstić information content (AvgIpc) is 2.15. The van der Waals surface area contributed by atoms with Crippen LogP contribution in [-0.4, -0.2) is 25.9 Å². The average molecular weight is 229 g/mol. The molecule has 0 heterocycles. The van der Waals surface area contributed by atoms with Gasteiger partial charge >= 0.3 is 0 Å². The van der Waals surface area contributed by atoms with Crippen LogP contribution >= 0.6 is 0 Å². The highest BCUT2D eigenvalue weighted by Crippen LogP contribution is 2.12. The van der Waals surface area contributed by atoms with E-state index in [9.17, 15) is 0 Å². The quantitative estimate of drug-likeness (QED) is 0.415. The van der Waals surface area contributed by atoms with Crippen molar-refractivity contribution in [3.8, 4) is 0 Å². The monoisotopic (exact) mass is 229 g/mol. The maximum absolute atomic E-state index is 2.78. The molecule has 2 heteroatoms. The second kappa shape index (κ2) is 8.34. The number of hydrogen-bond acceptors (Lipinski definition) is 1. The van der Waals surface area contributed by atoms with E-state index in [-0.39, 0.29) is 0 Å². The lowest BCUT2D eigenvalue weighted by molar-refractivity contribution is 0.396. The van der Waals surface area contributed by atoms with Crippen molar-refractivity contribution < 1.29 is 0 Å². The normalized spacial score (nSPS) is 12.4. The molecule has 92 valence electrons. The zero-order valence-electron chi connectivity index (χ0n) is 11.6. The Hall–Kier alpha value is 0.177. The topological polar surface area (TPSA) is 3.24 Å². The van der Waals surface area contributed by atoms with E-state index in [0.29, 0.717) is 0 Å². The largest absolute Gasteiger partial charge is 0.324 e. The first kappa shape index (κ1) is 15.2. The van der Waals surface area contributed by atoms with Crippen molar-refractivity contribution in [2.75, 3.05) is 13.1 Å². The molecule has 0 aliphatic rings. The third-order valence-electron chi connectivity index (χ3n) is 3.01. The lowest BCUT2D eigenvalue weighted by Gasteiger charge is -2.34. The number of unbranched alkanes of at least 4 members (excludes halogenated alkanes) is 4. The van der Waals surface area contributed by atoms with Gasteiger partial charge in [0.1, 0.15) is 8.24 Å². The van der Waals surface area contributed by atoms with Gasteiger partial charge in [0.25, 0.3) is 0 Å². The van der Waals surface area contributed by atoms with Crippen LogP contribution in [0.5, 0.6) is 0 Å². The molecule has 0 N–H and O–H groups in total. The van der Waals surface area contributed by atoms with Gasteiger partial charge in [0.2, 0.25) is 0 Å². The molecule has 0 aromatic carbocycles. The van der Waals surface area contributed by atoms with Crippen LogP contribution in [0.2, 0.25) is 19.6 Å². The first-order valence-electron chi connectivity index (χ1n) is 6.77. The fraction of sp³-hybridized carbons (Fsp3) is 1.00. The Kier molecular flexibility index (Phi) is 8.44. The predicted octanol–water partition coefficient (Wildman–Crippen LogP) is 4.50. The Morgan fingerprint density at radius 3 is 1.73 bits per heavy atom. The Morgan fingerprint density at radius 1 is 0.733 bits per heavy atom. The van der Waals surface area contributed by atoms with Gasteiger partial charge < -0.3 is 4.57 Å². The molecule has 0 saturated carbocycles. The van der Waals surface area contributed by atoms with Crippen LogP contribution in [0, 0.1) is 0 Å². The zero-order valence-corrected chi connectivity index (χ0v) is 12.6. The highest BCUT2D eigenvalue weighted by atomic mass is 28.3. The molecule has 0 amide bonds. The molecule has 1 nitrogen and oxygen atoms in total. The number of hydrogen-bond donors (Lipinski definition) is 0. The van der Waals surface area contributed by atoms with E-state index in [4.69, 9.17) is 0 Å². The van der Waals surface area contributed by atoms with Gasteiger partial charge in [-0.2, -0.15) is 0 Å². The van der Waals surface area contributed by atoms with Crippen LogP contribution < -0.4 is 0 Å². The second-order valence-corrected chi connectivity index (χ2v) is 10.5. The van der Waals surface area contributed by atoms with Gasteiger partial charge in [0.05, 0.1) is 0 Å². The summed E-state index contributed by atoms with van der Waals surface area (Å²) in [5.74, 6) is 0. The van der Waals surface area contributed by atoms with Crippen LogP contribution in [0.1, 0.15) is 52.4 Å². The maximum atomic E-state index is 2.78. The minimum Gasteiger partial charge on any atom is -0.324 e. The van der Waals surface area contributed by atoms with Crippen LogP contribution in [-0.2, 0) is 0 Å². The van der Waals surface area contributed by atoms with Crippen molar-refractivity contribution in [2.45, 2.75) is 72.0 Å². The fourth-order valence-corrected chi connectivity index (χ4v) is 3.52. The summed E-state index contributed by atoms with van der Waals surface area (Å²) in [7, 11) is -1.05. The summed E-state index contributed by atoms with van der Waals surface area (Å²) in [6.07, 6.45) is 8.29. The van der Waals surface area contributed by atoms with E-state index in [1.54, 1.807) is 0 Å². The van der Waals surface area contributed by atoms with E-state index in [2.05, 4.69) is 38.1 Å². The Morgan fingerprint density at radius 2 is 1.27 bits per heavy atom. The van der Waals surface area contributed by atoms with Crippen molar-refractivity contribution >= 4 is 8.24 Å². The van der Waals surface area contributed by atoms with Gasteiger partial charge in [-0.15, -0.1) is 0 Å². The molecule has 0 aliphatic heterocycles. The van der Waals surface area contributed by atoms with Gasteiger partial charge in [-0.1, -0.05) is 59.2 Å². The third kappa shape index (κ3) is 8.03. The molecule has 0 fully saturated rings. The van der Waals surface area contributed by atoms with Gasteiger partial charge in [-0.25, -0.2) is 0 Å². The molecular formula is C13H31NSi. The fourth-order valence-electron chi connectivity index (χ4n) is 1.86. The number of rotatable bonds is 9. The lowest BCUT2D eigenvalue weighted by Crippen LogP contribution is -2.46. The predicted molar refractivity (Wildman–Crippen MR) is 74.0 cm³/mol. The summed E-state index contributed by atoms with van der Waals surface area (Å²) in [4.78, 5) is 0. The van der Waals surface area contributed by atoms with Gasteiger partial charge in [0, 0.05) is 0 Å². The Balaban J connectivity index is 3.81. The minimum absolute atomic E-state index is 1.05. The molecule has 0 atom stereocenters. The lowest BCUT2D eigenvalue weighted by atomic mass is 10.2. The highest BCUT2D eigenvalue weighted by molar-refractivity contribution is 6.73. The van der Waals surface area contributed by atoms with Crippen molar-refractivity contribution in [3.05, 3.63) is 0 Å². The maximum Gasteiger partial charge on any atom is 0.119 e. The summed E-state index contributed by atoms with van der Waals surface area (Å²) in [6.45, 7) is 14.7. The highest BCUT2D eigenvalue weighted by Gasteiger charge is 2.22. The minimum atomic E-state index is -1.05. The third-order valence-corrected chi connectivity index (χ3v) is 5.36. The molecule has 0 aromatic heterocycles. The van der Waals surface area contributed by atoms with Crippen LogP contribution in [0.25, 0.3) is 0 Å². The summed E-state index contributed by atoms with van der Waals surface area (Å²) >= 11 is 0. The summed E-state index contributed by atoms with van der Waals surface area (Å²) < 4.78 is 2.78. The molecule has 0 aromatic rings. The summed E-state index contributed by atoms with van der Waals surface area (Å²) in [5.41, 5.74) is 0. The van der Waals surface area contributed by atoms with Gasteiger partial charge in [-0.05, 0) is 25.9 Å². The molecule has 0 unspecified atom stereocenters. The molecule has 0 radical (unpaired) electrons. The SMILES string of the molecule is CCCCCCN(CCCC)[Si](C)(C)C. The Labute approximate surface area is 98.3 Å². The van der Waals surface area contributed by atoms with Crippen molar-refractivity contribution in [2.24, 2.45) is 0 Å². The zero-order chi connectivity index (χ0) is 11.7. The molecular weight excluding hydrogens is 198 g/mol. The smallest absolute Gasteiger partial charge is 0.119 e. The molecule has 15 heavy (non-hydrogen) atoms. The Bertz CT molecular complexity index is 140. The molecule has 0 saturated heterocycles. The van der Waals surface area contributed by atoms with E-state index in [1.807, 2.05) is 0 Å². The van der Waals surface area contributed by atoms with Crippen LogP contribution in [0.15, 0.2) is 0 Å². The van der Waals surface area contributed by atoms with Crippen LogP contribution in [0.3, 0.4) is 0 Å². The van der Waals surface area contributed by atoms with Crippen molar-refractivity contribution in [1.29, 1.82) is 0 Å². The van der Waals surface area contributed by atoms with Crippen LogP contribution in [0.4, 0.5) is 0 Å². The first-order chi connectivity index (χ1) is 7.02. The standard InChI is InChI=1S/C13H31NSi/c1-6-8-10-11-13-14(12-9-7-2)15(3,4)5/h6-13H2,1-5H3. The van der Waals surface area contributed by atoms with E-state index < -0.39 is 8.24 Å². The van der Waals surface area contributed by atoms with Gasteiger partial charge in [-0.3, -0.25) is 0 Å². The second-order valence-electron chi connectivity index (χ2n) is 5.57. The van der Waals surface area contributed by atoms with Crippen molar-refractivity contribution in [3.63, 3.8) is 0 Å². The first-order valence-corrected chi connectivity index (χ1v) is 10.2. The molecule has 0 aliphatic carbocycles. The summed E-state index contributed by atoms with van der Waals surface area (Å²) in [5, 5.41) is 0. The molecule has 0 spiro atoms. The molecule has 0 bridgehead atoms.